The highest BCUT2D eigenvalue weighted by atomic mass is 35.7. The smallest absolute Gasteiger partial charge is 0.355 e. The molecule has 0 aliphatic rings. The van der Waals surface area contributed by atoms with Crippen LogP contribution < -0.4 is 23.2 Å². The molecule has 1 atom stereocenters. The Bertz CT molecular complexity index is 473. The summed E-state index contributed by atoms with van der Waals surface area (Å²) in [5.74, 6) is -0.0933. The van der Waals surface area contributed by atoms with Crippen LogP contribution in [-0.4, -0.2) is 14.7 Å². The average molecular weight is 327 g/mol. The highest BCUT2D eigenvalue weighted by Crippen LogP contribution is 2.15. The first-order valence-corrected chi connectivity index (χ1v) is 7.28. The Kier molecular flexibility index (Phi) is 6.64. The van der Waals surface area contributed by atoms with E-state index < -0.39 is 15.2 Å². The highest BCUT2D eigenvalue weighted by Gasteiger charge is 2.36. The average Bonchev–Trinajstić information content (AvgIpc) is 2.69. The summed E-state index contributed by atoms with van der Waals surface area (Å²) in [4.78, 5) is 10.5. The van der Waals surface area contributed by atoms with Crippen molar-refractivity contribution < 1.29 is 38.4 Å². The predicted octanol–water partition coefficient (Wildman–Crippen LogP) is -2.95. The molecule has 10 nitrogen and oxygen atoms in total. The van der Waals surface area contributed by atoms with Gasteiger partial charge < -0.3 is 10.1 Å². The summed E-state index contributed by atoms with van der Waals surface area (Å²) < 4.78 is 37.2. The van der Waals surface area contributed by atoms with E-state index >= 15 is 0 Å². The van der Waals surface area contributed by atoms with Gasteiger partial charge in [-0.2, -0.15) is 0 Å². The van der Waals surface area contributed by atoms with Gasteiger partial charge in [-0.3, -0.25) is 0 Å². The largest absolute Gasteiger partial charge is 0.577 e. The van der Waals surface area contributed by atoms with Crippen LogP contribution in [0.25, 0.3) is 0 Å². The van der Waals surface area contributed by atoms with Crippen LogP contribution in [0.15, 0.2) is 6.33 Å². The van der Waals surface area contributed by atoms with Crippen molar-refractivity contribution in [3.63, 3.8) is 0 Å². The summed E-state index contributed by atoms with van der Waals surface area (Å²) in [6.45, 7) is 9.83. The first-order chi connectivity index (χ1) is 9.27. The molecule has 0 amide bonds. The van der Waals surface area contributed by atoms with Crippen LogP contribution in [0.2, 0.25) is 0 Å². The van der Waals surface area contributed by atoms with Gasteiger partial charge in [-0.05, 0) is 38.8 Å². The molecule has 0 radical (unpaired) electrons. The molecular formula is C10H19ClN4O6. The molecule has 0 aromatic carbocycles. The molecule has 1 aromatic rings. The lowest BCUT2D eigenvalue weighted by Gasteiger charge is -2.17. The van der Waals surface area contributed by atoms with Crippen molar-refractivity contribution in [1.29, 1.82) is 0 Å². The predicted molar refractivity (Wildman–Crippen MR) is 59.1 cm³/mol. The quantitative estimate of drug-likeness (QED) is 0.326. The van der Waals surface area contributed by atoms with Gasteiger partial charge in [0.1, 0.15) is 11.6 Å². The highest BCUT2D eigenvalue weighted by molar-refractivity contribution is 4.89. The third-order valence-corrected chi connectivity index (χ3v) is 2.58. The molecule has 122 valence electrons. The van der Waals surface area contributed by atoms with Crippen molar-refractivity contribution in [2.75, 3.05) is 0 Å². The number of hydrogen-bond donors (Lipinski definition) is 0. The maximum atomic E-state index is 10.9. The summed E-state index contributed by atoms with van der Waals surface area (Å²) in [7, 11) is -4.94. The number of halogens is 1. The first kappa shape index (κ1) is 19.7. The van der Waals surface area contributed by atoms with Crippen molar-refractivity contribution >= 4 is 5.95 Å². The Morgan fingerprint density at radius 3 is 2.10 bits per heavy atom. The van der Waals surface area contributed by atoms with Gasteiger partial charge in [0.15, 0.2) is 5.10 Å². The second kappa shape index (κ2) is 7.09. The third-order valence-electron chi connectivity index (χ3n) is 2.58. The number of rotatable bonds is 3. The van der Waals surface area contributed by atoms with Gasteiger partial charge in [0.2, 0.25) is 0 Å². The molecule has 1 rings (SSSR count). The molecule has 1 aromatic heterocycles. The Morgan fingerprint density at radius 2 is 1.81 bits per heavy atom. The van der Waals surface area contributed by atoms with Crippen molar-refractivity contribution in [3.8, 4) is 0 Å². The zero-order valence-electron chi connectivity index (χ0n) is 12.5. The molecule has 1 unspecified atom stereocenters. The van der Waals surface area contributed by atoms with Crippen molar-refractivity contribution in [2.24, 2.45) is 0 Å². The van der Waals surface area contributed by atoms with Crippen LogP contribution in [0.5, 0.6) is 0 Å². The molecular weight excluding hydrogens is 308 g/mol. The monoisotopic (exact) mass is 326 g/mol. The zero-order valence-corrected chi connectivity index (χ0v) is 13.2. The van der Waals surface area contributed by atoms with Gasteiger partial charge in [-0.1, -0.05) is 6.92 Å². The van der Waals surface area contributed by atoms with E-state index in [1.807, 2.05) is 34.6 Å². The van der Waals surface area contributed by atoms with Gasteiger partial charge in [-0.25, -0.2) is 18.6 Å². The number of hydrogen-bond acceptors (Lipinski definition) is 7. The van der Waals surface area contributed by atoms with Crippen LogP contribution in [0, 0.1) is 20.4 Å². The number of nitrogens with zero attached hydrogens (tertiary/aromatic N) is 4. The Balaban J connectivity index is 0.000000690. The maximum absolute atomic E-state index is 10.9. The van der Waals surface area contributed by atoms with Crippen LogP contribution in [-0.2, 0) is 5.54 Å². The van der Waals surface area contributed by atoms with Gasteiger partial charge in [0, 0.05) is 4.92 Å². The topological polar surface area (TPSA) is 157 Å². The van der Waals surface area contributed by atoms with E-state index in [4.69, 9.17) is 18.6 Å². The second-order valence-corrected chi connectivity index (χ2v) is 6.09. The standard InChI is InChI=1S/C10H19N4O2.ClHO4/c1-6-8(2)12-7-13(10(3,4)5)11-9(12)14(15)16;2-1(3,4)5/h7-8H,6H2,1-5H3;(H,2,3,4,5)/q+1;/p-1. The fourth-order valence-corrected chi connectivity index (χ4v) is 1.30. The fourth-order valence-electron chi connectivity index (χ4n) is 1.30. The number of nitro groups is 1. The first-order valence-electron chi connectivity index (χ1n) is 6.04. The van der Waals surface area contributed by atoms with E-state index in [-0.39, 0.29) is 17.5 Å². The SMILES string of the molecule is CCC(C)[n+]1cn(C(C)(C)C)nc1[N+](=O)[O-].[O-][Cl+3]([O-])([O-])[O-]. The zero-order chi connectivity index (χ0) is 17.0. The molecule has 0 saturated carbocycles. The van der Waals surface area contributed by atoms with Crippen molar-refractivity contribution in [3.05, 3.63) is 16.4 Å². The Hall–Kier alpha value is -1.33. The van der Waals surface area contributed by atoms with Gasteiger partial charge in [0.05, 0.1) is 0 Å². The fraction of sp³-hybridized carbons (Fsp3) is 0.800. The minimum Gasteiger partial charge on any atom is -0.355 e. The summed E-state index contributed by atoms with van der Waals surface area (Å²) in [6, 6.07) is 0.0801. The molecule has 21 heavy (non-hydrogen) atoms. The van der Waals surface area contributed by atoms with Crippen LogP contribution >= 0.6 is 0 Å². The second-order valence-electron chi connectivity index (χ2n) is 5.33. The lowest BCUT2D eigenvalue weighted by atomic mass is 10.1. The van der Waals surface area contributed by atoms with Crippen LogP contribution in [0.1, 0.15) is 47.1 Å². The lowest BCUT2D eigenvalue weighted by Crippen LogP contribution is -2.68. The van der Waals surface area contributed by atoms with Crippen LogP contribution in [0.4, 0.5) is 5.95 Å². The number of aromatic nitrogens is 3. The summed E-state index contributed by atoms with van der Waals surface area (Å²) >= 11 is 0. The van der Waals surface area contributed by atoms with Gasteiger partial charge in [-0.15, -0.1) is 14.8 Å². The maximum Gasteiger partial charge on any atom is 0.577 e. The van der Waals surface area contributed by atoms with E-state index in [9.17, 15) is 10.1 Å². The molecule has 11 heteroatoms. The van der Waals surface area contributed by atoms with Crippen molar-refractivity contribution in [1.82, 2.24) is 9.78 Å². The minimum absolute atomic E-state index is 0.0801. The van der Waals surface area contributed by atoms with Crippen molar-refractivity contribution in [2.45, 2.75) is 52.6 Å². The molecule has 0 bridgehead atoms. The molecule has 0 saturated heterocycles. The molecule has 0 N–H and O–H groups in total. The molecule has 0 fully saturated rings. The van der Waals surface area contributed by atoms with Crippen LogP contribution in [0.3, 0.4) is 0 Å². The van der Waals surface area contributed by atoms with E-state index in [1.54, 1.807) is 15.6 Å². The van der Waals surface area contributed by atoms with E-state index in [1.165, 1.54) is 0 Å². The van der Waals surface area contributed by atoms with E-state index in [2.05, 4.69) is 5.10 Å². The Morgan fingerprint density at radius 1 is 1.38 bits per heavy atom. The van der Waals surface area contributed by atoms with Gasteiger partial charge >= 0.3 is 5.95 Å². The molecule has 0 aliphatic carbocycles. The molecule has 0 spiro atoms. The summed E-state index contributed by atoms with van der Waals surface area (Å²) in [6.07, 6.45) is 2.55. The summed E-state index contributed by atoms with van der Waals surface area (Å²) in [5, 5.41) is 14.9. The third kappa shape index (κ3) is 7.29. The normalized spacial score (nSPS) is 13.4. The lowest BCUT2D eigenvalue weighted by molar-refractivity contribution is -2.00. The molecule has 0 aliphatic heterocycles. The Labute approximate surface area is 124 Å². The van der Waals surface area contributed by atoms with E-state index in [0.717, 1.165) is 6.42 Å². The van der Waals surface area contributed by atoms with E-state index in [0.29, 0.717) is 0 Å². The van der Waals surface area contributed by atoms with Gasteiger partial charge in [0.25, 0.3) is 6.33 Å². The molecule has 1 heterocycles. The minimum atomic E-state index is -4.94. The summed E-state index contributed by atoms with van der Waals surface area (Å²) in [5.41, 5.74) is -0.247.